The average Bonchev–Trinajstić information content (AvgIpc) is 2.27. The van der Waals surface area contributed by atoms with E-state index in [0.29, 0.717) is 12.5 Å². The van der Waals surface area contributed by atoms with Crippen LogP contribution in [-0.4, -0.2) is 59.0 Å². The Balaban J connectivity index is 2.24. The van der Waals surface area contributed by atoms with Crippen molar-refractivity contribution in [2.45, 2.75) is 19.8 Å². The molecule has 0 aliphatic carbocycles. The molecule has 0 aromatic heterocycles. The number of sulfonamides is 1. The molecule has 1 heterocycles. The van der Waals surface area contributed by atoms with Crippen molar-refractivity contribution in [3.63, 3.8) is 0 Å². The van der Waals surface area contributed by atoms with Crippen LogP contribution in [0, 0.1) is 5.92 Å². The minimum Gasteiger partial charge on any atom is -0.380 e. The lowest BCUT2D eigenvalue weighted by molar-refractivity contribution is 0.0924. The molecule has 6 heteroatoms. The quantitative estimate of drug-likeness (QED) is 0.671. The Kier molecular flexibility index (Phi) is 6.40. The van der Waals surface area contributed by atoms with Gasteiger partial charge in [-0.3, -0.25) is 0 Å². The first-order valence-corrected chi connectivity index (χ1v) is 8.15. The number of hydrogen-bond donors (Lipinski definition) is 1. The first-order valence-electron chi connectivity index (χ1n) is 6.26. The van der Waals surface area contributed by atoms with Crippen molar-refractivity contribution in [2.75, 3.05) is 45.6 Å². The zero-order chi connectivity index (χ0) is 12.7. The van der Waals surface area contributed by atoms with Crippen molar-refractivity contribution < 1.29 is 13.2 Å². The Hall–Kier alpha value is -0.170. The summed E-state index contributed by atoms with van der Waals surface area (Å²) in [7, 11) is -3.06. The summed E-state index contributed by atoms with van der Waals surface area (Å²) in [5, 5.41) is 0. The minimum absolute atomic E-state index is 0.431. The molecule has 102 valence electrons. The number of nitrogens with zero attached hydrogens (tertiary/aromatic N) is 1. The van der Waals surface area contributed by atoms with Gasteiger partial charge in [-0.05, 0) is 32.2 Å². The van der Waals surface area contributed by atoms with Crippen molar-refractivity contribution in [1.82, 2.24) is 9.62 Å². The highest BCUT2D eigenvalue weighted by Crippen LogP contribution is 2.15. The van der Waals surface area contributed by atoms with Gasteiger partial charge < -0.3 is 9.64 Å². The largest absolute Gasteiger partial charge is 0.380 e. The van der Waals surface area contributed by atoms with Gasteiger partial charge in [-0.15, -0.1) is 0 Å². The Morgan fingerprint density at radius 2 is 2.24 bits per heavy atom. The van der Waals surface area contributed by atoms with Crippen LogP contribution in [0.1, 0.15) is 19.8 Å². The van der Waals surface area contributed by atoms with Gasteiger partial charge >= 0.3 is 0 Å². The number of ether oxygens (including phenoxy) is 1. The number of piperidine rings is 1. The van der Waals surface area contributed by atoms with Crippen LogP contribution in [-0.2, 0) is 14.8 Å². The van der Waals surface area contributed by atoms with Crippen LogP contribution in [0.25, 0.3) is 0 Å². The minimum atomic E-state index is -3.06. The van der Waals surface area contributed by atoms with E-state index in [-0.39, 0.29) is 0 Å². The lowest BCUT2D eigenvalue weighted by Gasteiger charge is -2.32. The molecule has 0 unspecified atom stereocenters. The summed E-state index contributed by atoms with van der Waals surface area (Å²) in [6.45, 7) is 7.09. The van der Waals surface area contributed by atoms with E-state index >= 15 is 0 Å². The monoisotopic (exact) mass is 264 g/mol. The topological polar surface area (TPSA) is 58.6 Å². The smallest absolute Gasteiger partial charge is 0.208 e. The Morgan fingerprint density at radius 1 is 1.47 bits per heavy atom. The van der Waals surface area contributed by atoms with Gasteiger partial charge in [0.2, 0.25) is 10.0 Å². The molecule has 1 fully saturated rings. The summed E-state index contributed by atoms with van der Waals surface area (Å²) in [6, 6.07) is 0. The summed E-state index contributed by atoms with van der Waals surface area (Å²) in [5.74, 6) is 0.431. The molecule has 1 saturated heterocycles. The fraction of sp³-hybridized carbons (Fsp3) is 1.00. The Labute approximate surface area is 105 Å². The lowest BCUT2D eigenvalue weighted by atomic mass is 9.98. The van der Waals surface area contributed by atoms with E-state index in [1.165, 1.54) is 6.26 Å². The van der Waals surface area contributed by atoms with Gasteiger partial charge in [0, 0.05) is 26.2 Å². The van der Waals surface area contributed by atoms with Crippen LogP contribution >= 0.6 is 0 Å². The number of nitrogens with one attached hydrogen (secondary N) is 1. The van der Waals surface area contributed by atoms with Crippen LogP contribution in [0.4, 0.5) is 0 Å². The highest BCUT2D eigenvalue weighted by molar-refractivity contribution is 7.88. The van der Waals surface area contributed by atoms with Crippen LogP contribution in [0.15, 0.2) is 0 Å². The van der Waals surface area contributed by atoms with E-state index in [1.807, 2.05) is 6.92 Å². The molecule has 17 heavy (non-hydrogen) atoms. The van der Waals surface area contributed by atoms with Crippen molar-refractivity contribution in [3.05, 3.63) is 0 Å². The van der Waals surface area contributed by atoms with Gasteiger partial charge in [0.1, 0.15) is 0 Å². The zero-order valence-corrected chi connectivity index (χ0v) is 11.6. The number of hydrogen-bond acceptors (Lipinski definition) is 4. The van der Waals surface area contributed by atoms with Gasteiger partial charge in [-0.25, -0.2) is 13.1 Å². The molecular weight excluding hydrogens is 240 g/mol. The fourth-order valence-electron chi connectivity index (χ4n) is 2.13. The maximum absolute atomic E-state index is 11.0. The molecule has 1 rings (SSSR count). The molecule has 0 bridgehead atoms. The van der Waals surface area contributed by atoms with Gasteiger partial charge in [-0.1, -0.05) is 0 Å². The first kappa shape index (κ1) is 14.9. The highest BCUT2D eigenvalue weighted by Gasteiger charge is 2.20. The molecule has 0 amide bonds. The predicted molar refractivity (Wildman–Crippen MR) is 68.5 cm³/mol. The maximum Gasteiger partial charge on any atom is 0.208 e. The third kappa shape index (κ3) is 6.98. The van der Waals surface area contributed by atoms with E-state index < -0.39 is 10.0 Å². The van der Waals surface area contributed by atoms with E-state index in [4.69, 9.17) is 4.74 Å². The van der Waals surface area contributed by atoms with E-state index in [9.17, 15) is 8.42 Å². The summed E-state index contributed by atoms with van der Waals surface area (Å²) in [5.41, 5.74) is 0. The number of rotatable bonds is 7. The SMILES string of the molecule is CCOCCN1CCC[C@@H](CNS(C)(=O)=O)C1. The third-order valence-corrected chi connectivity index (χ3v) is 3.68. The normalized spacial score (nSPS) is 22.8. The van der Waals surface area contributed by atoms with E-state index in [2.05, 4.69) is 9.62 Å². The van der Waals surface area contributed by atoms with Gasteiger partial charge in [0.15, 0.2) is 0 Å². The van der Waals surface area contributed by atoms with Crippen molar-refractivity contribution in [2.24, 2.45) is 5.92 Å². The van der Waals surface area contributed by atoms with Crippen LogP contribution in [0.2, 0.25) is 0 Å². The van der Waals surface area contributed by atoms with Gasteiger partial charge in [0.25, 0.3) is 0 Å². The summed E-state index contributed by atoms with van der Waals surface area (Å²) >= 11 is 0. The summed E-state index contributed by atoms with van der Waals surface area (Å²) in [4.78, 5) is 2.35. The second-order valence-corrected chi connectivity index (χ2v) is 6.46. The van der Waals surface area contributed by atoms with Crippen LogP contribution < -0.4 is 4.72 Å². The molecule has 5 nitrogen and oxygen atoms in total. The fourth-order valence-corrected chi connectivity index (χ4v) is 2.67. The first-order chi connectivity index (χ1) is 8.01. The highest BCUT2D eigenvalue weighted by atomic mass is 32.2. The molecule has 0 aromatic carbocycles. The number of likely N-dealkylation sites (tertiary alicyclic amines) is 1. The van der Waals surface area contributed by atoms with Gasteiger partial charge in [0.05, 0.1) is 12.9 Å². The van der Waals surface area contributed by atoms with Gasteiger partial charge in [-0.2, -0.15) is 0 Å². The molecule has 1 aliphatic heterocycles. The molecular formula is C11H24N2O3S. The maximum atomic E-state index is 11.0. The van der Waals surface area contributed by atoms with Crippen molar-refractivity contribution in [3.8, 4) is 0 Å². The van der Waals surface area contributed by atoms with Crippen molar-refractivity contribution in [1.29, 1.82) is 0 Å². The second kappa shape index (κ2) is 7.31. The van der Waals surface area contributed by atoms with Crippen molar-refractivity contribution >= 4 is 10.0 Å². The molecule has 0 radical (unpaired) electrons. The predicted octanol–water partition coefficient (Wildman–Crippen LogP) is 0.284. The lowest BCUT2D eigenvalue weighted by Crippen LogP contribution is -2.41. The molecule has 0 aromatic rings. The molecule has 0 saturated carbocycles. The Bertz CT molecular complexity index is 306. The van der Waals surface area contributed by atoms with Crippen LogP contribution in [0.3, 0.4) is 0 Å². The average molecular weight is 264 g/mol. The second-order valence-electron chi connectivity index (χ2n) is 4.63. The Morgan fingerprint density at radius 3 is 2.88 bits per heavy atom. The molecule has 1 aliphatic rings. The molecule has 0 spiro atoms. The zero-order valence-electron chi connectivity index (χ0n) is 10.8. The summed E-state index contributed by atoms with van der Waals surface area (Å²) < 4.78 is 30.0. The van der Waals surface area contributed by atoms with E-state index in [0.717, 1.165) is 45.7 Å². The van der Waals surface area contributed by atoms with E-state index in [1.54, 1.807) is 0 Å². The third-order valence-electron chi connectivity index (χ3n) is 2.99. The molecule has 1 N–H and O–H groups in total. The summed E-state index contributed by atoms with van der Waals surface area (Å²) in [6.07, 6.45) is 3.46. The molecule has 1 atom stereocenters. The van der Waals surface area contributed by atoms with Crippen LogP contribution in [0.5, 0.6) is 0 Å². The standard InChI is InChI=1S/C11H24N2O3S/c1-3-16-8-7-13-6-4-5-11(10-13)9-12-17(2,14)15/h11-12H,3-10H2,1-2H3/t11-/m0/s1.